The first kappa shape index (κ1) is 11.3. The van der Waals surface area contributed by atoms with E-state index in [0.29, 0.717) is 6.10 Å². The van der Waals surface area contributed by atoms with Gasteiger partial charge in [-0.2, -0.15) is 11.8 Å². The molecule has 78 valence electrons. The van der Waals surface area contributed by atoms with Gasteiger partial charge in [0.15, 0.2) is 0 Å². The van der Waals surface area contributed by atoms with Gasteiger partial charge < -0.3 is 10.5 Å². The van der Waals surface area contributed by atoms with Crippen molar-refractivity contribution < 1.29 is 4.74 Å². The number of rotatable bonds is 5. The summed E-state index contributed by atoms with van der Waals surface area (Å²) in [4.78, 5) is 0. The average Bonchev–Trinajstić information content (AvgIpc) is 2.19. The molecule has 0 bridgehead atoms. The van der Waals surface area contributed by atoms with E-state index in [0.717, 1.165) is 18.2 Å². The summed E-state index contributed by atoms with van der Waals surface area (Å²) < 4.78 is 5.39. The van der Waals surface area contributed by atoms with Gasteiger partial charge in [0.1, 0.15) is 0 Å². The van der Waals surface area contributed by atoms with Crippen molar-refractivity contribution in [2.24, 2.45) is 5.73 Å². The van der Waals surface area contributed by atoms with E-state index in [1.54, 1.807) is 0 Å². The van der Waals surface area contributed by atoms with Crippen molar-refractivity contribution in [3.63, 3.8) is 0 Å². The van der Waals surface area contributed by atoms with Crippen LogP contribution in [0.4, 0.5) is 0 Å². The summed E-state index contributed by atoms with van der Waals surface area (Å²) in [6.07, 6.45) is 6.87. The van der Waals surface area contributed by atoms with E-state index >= 15 is 0 Å². The molecule has 2 nitrogen and oxygen atoms in total. The van der Waals surface area contributed by atoms with Gasteiger partial charge in [-0.25, -0.2) is 0 Å². The topological polar surface area (TPSA) is 35.2 Å². The quantitative estimate of drug-likeness (QED) is 0.694. The molecule has 0 amide bonds. The zero-order valence-corrected chi connectivity index (χ0v) is 9.31. The molecule has 0 aliphatic heterocycles. The molecule has 1 rings (SSSR count). The van der Waals surface area contributed by atoms with Gasteiger partial charge in [-0.1, -0.05) is 0 Å². The molecule has 0 saturated heterocycles. The average molecular weight is 203 g/mol. The van der Waals surface area contributed by atoms with Crippen molar-refractivity contribution in [1.82, 2.24) is 0 Å². The van der Waals surface area contributed by atoms with Crippen molar-refractivity contribution in [3.05, 3.63) is 0 Å². The summed E-state index contributed by atoms with van der Waals surface area (Å²) in [6, 6.07) is 0. The predicted octanol–water partition coefficient (Wildman–Crippen LogP) is 2.03. The highest BCUT2D eigenvalue weighted by molar-refractivity contribution is 7.99. The van der Waals surface area contributed by atoms with Crippen LogP contribution in [0.1, 0.15) is 32.1 Å². The van der Waals surface area contributed by atoms with E-state index in [-0.39, 0.29) is 0 Å². The first-order valence-electron chi connectivity index (χ1n) is 5.21. The molecular formula is C10H21NOS. The van der Waals surface area contributed by atoms with Crippen molar-refractivity contribution in [2.75, 3.05) is 19.4 Å². The smallest absolute Gasteiger partial charge is 0.0581 e. The molecule has 0 aromatic heterocycles. The fourth-order valence-electron chi connectivity index (χ4n) is 1.80. The predicted molar refractivity (Wildman–Crippen MR) is 59.2 cm³/mol. The zero-order chi connectivity index (χ0) is 9.52. The minimum Gasteiger partial charge on any atom is -0.381 e. The Morgan fingerprint density at radius 2 is 2.31 bits per heavy atom. The third-order valence-corrected chi connectivity index (χ3v) is 4.04. The third kappa shape index (κ3) is 4.34. The van der Waals surface area contributed by atoms with Crippen molar-refractivity contribution in [1.29, 1.82) is 0 Å². The highest BCUT2D eigenvalue weighted by atomic mass is 32.2. The number of thioether (sulfide) groups is 1. The first-order chi connectivity index (χ1) is 6.36. The van der Waals surface area contributed by atoms with Crippen LogP contribution >= 0.6 is 11.8 Å². The molecule has 3 heteroatoms. The summed E-state index contributed by atoms with van der Waals surface area (Å²) >= 11 is 2.08. The van der Waals surface area contributed by atoms with Crippen LogP contribution in [0.25, 0.3) is 0 Å². The molecule has 2 N–H and O–H groups in total. The number of hydrogen-bond acceptors (Lipinski definition) is 3. The normalized spacial score (nSPS) is 29.1. The molecule has 2 unspecified atom stereocenters. The van der Waals surface area contributed by atoms with Crippen molar-refractivity contribution in [2.45, 2.75) is 43.5 Å². The Morgan fingerprint density at radius 1 is 1.46 bits per heavy atom. The molecule has 0 aromatic rings. The van der Waals surface area contributed by atoms with Gasteiger partial charge >= 0.3 is 0 Å². The van der Waals surface area contributed by atoms with Crippen LogP contribution in [-0.4, -0.2) is 30.8 Å². The minimum atomic E-state index is 0.518. The Bertz CT molecular complexity index is 132. The maximum absolute atomic E-state index is 5.46. The summed E-state index contributed by atoms with van der Waals surface area (Å²) in [7, 11) is 1.83. The van der Waals surface area contributed by atoms with Crippen LogP contribution in [0, 0.1) is 0 Å². The second kappa shape index (κ2) is 6.68. The number of ether oxygens (including phenoxy) is 1. The van der Waals surface area contributed by atoms with E-state index in [4.69, 9.17) is 10.5 Å². The number of nitrogens with two attached hydrogens (primary N) is 1. The fraction of sp³-hybridized carbons (Fsp3) is 1.00. The van der Waals surface area contributed by atoms with Crippen molar-refractivity contribution >= 4 is 11.8 Å². The molecule has 1 saturated carbocycles. The van der Waals surface area contributed by atoms with E-state index < -0.39 is 0 Å². The highest BCUT2D eigenvalue weighted by Crippen LogP contribution is 2.29. The van der Waals surface area contributed by atoms with Crippen LogP contribution in [0.2, 0.25) is 0 Å². The van der Waals surface area contributed by atoms with Gasteiger partial charge in [0, 0.05) is 12.4 Å². The Balaban J connectivity index is 2.11. The summed E-state index contributed by atoms with van der Waals surface area (Å²) in [5.41, 5.74) is 5.46. The molecule has 0 aromatic carbocycles. The van der Waals surface area contributed by atoms with E-state index in [9.17, 15) is 0 Å². The molecule has 1 fully saturated rings. The summed E-state index contributed by atoms with van der Waals surface area (Å²) in [5.74, 6) is 1.22. The van der Waals surface area contributed by atoms with E-state index in [1.165, 1.54) is 31.4 Å². The lowest BCUT2D eigenvalue weighted by atomic mass is 9.97. The van der Waals surface area contributed by atoms with Gasteiger partial charge in [-0.3, -0.25) is 0 Å². The fourth-order valence-corrected chi connectivity index (χ4v) is 3.15. The largest absolute Gasteiger partial charge is 0.381 e. The Labute approximate surface area is 85.6 Å². The van der Waals surface area contributed by atoms with Crippen LogP contribution in [0.3, 0.4) is 0 Å². The van der Waals surface area contributed by atoms with Gasteiger partial charge in [0.25, 0.3) is 0 Å². The Morgan fingerprint density at radius 3 is 3.00 bits per heavy atom. The van der Waals surface area contributed by atoms with Gasteiger partial charge in [0.05, 0.1) is 6.10 Å². The molecule has 0 radical (unpaired) electrons. The van der Waals surface area contributed by atoms with Crippen LogP contribution < -0.4 is 5.73 Å². The van der Waals surface area contributed by atoms with Gasteiger partial charge in [0.2, 0.25) is 0 Å². The second-order valence-corrected chi connectivity index (χ2v) is 5.07. The lowest BCUT2D eigenvalue weighted by Crippen LogP contribution is -2.23. The zero-order valence-electron chi connectivity index (χ0n) is 8.50. The van der Waals surface area contributed by atoms with E-state index in [1.807, 2.05) is 7.11 Å². The minimum absolute atomic E-state index is 0.518. The Kier molecular flexibility index (Phi) is 5.83. The first-order valence-corrected chi connectivity index (χ1v) is 6.26. The molecule has 2 atom stereocenters. The lowest BCUT2D eigenvalue weighted by Gasteiger charge is -2.27. The molecule has 0 spiro atoms. The molecule has 0 heterocycles. The number of methoxy groups -OCH3 is 1. The lowest BCUT2D eigenvalue weighted by molar-refractivity contribution is 0.0730. The summed E-state index contributed by atoms with van der Waals surface area (Å²) in [5, 5.41) is 0.824. The molecule has 1 aliphatic rings. The standard InChI is InChI=1S/C10H21NOS/c1-12-9-4-2-5-10(8-9)13-7-3-6-11/h9-10H,2-8,11H2,1H3. The molecule has 13 heavy (non-hydrogen) atoms. The van der Waals surface area contributed by atoms with Crippen LogP contribution in [-0.2, 0) is 4.74 Å². The SMILES string of the molecule is COC1CCCC(SCCCN)C1. The molecular weight excluding hydrogens is 182 g/mol. The van der Waals surface area contributed by atoms with E-state index in [2.05, 4.69) is 11.8 Å². The highest BCUT2D eigenvalue weighted by Gasteiger charge is 2.21. The molecule has 1 aliphatic carbocycles. The van der Waals surface area contributed by atoms with Gasteiger partial charge in [-0.15, -0.1) is 0 Å². The van der Waals surface area contributed by atoms with Crippen LogP contribution in [0.5, 0.6) is 0 Å². The Hall–Kier alpha value is 0.270. The van der Waals surface area contributed by atoms with Crippen LogP contribution in [0.15, 0.2) is 0 Å². The monoisotopic (exact) mass is 203 g/mol. The number of hydrogen-bond donors (Lipinski definition) is 1. The third-order valence-electron chi connectivity index (χ3n) is 2.61. The maximum Gasteiger partial charge on any atom is 0.0581 e. The summed E-state index contributed by atoms with van der Waals surface area (Å²) in [6.45, 7) is 0.827. The van der Waals surface area contributed by atoms with Gasteiger partial charge in [-0.05, 0) is 44.4 Å². The van der Waals surface area contributed by atoms with Crippen molar-refractivity contribution in [3.8, 4) is 0 Å². The maximum atomic E-state index is 5.46. The second-order valence-electron chi connectivity index (χ2n) is 3.66.